The topological polar surface area (TPSA) is 39.2 Å². The van der Waals surface area contributed by atoms with Gasteiger partial charge in [-0.3, -0.25) is 4.79 Å². The highest BCUT2D eigenvalue weighted by atomic mass is 35.5. The second-order valence-electron chi connectivity index (χ2n) is 2.49. The zero-order chi connectivity index (χ0) is 11.6. The highest BCUT2D eigenvalue weighted by Gasteiger charge is 2.20. The third-order valence-corrected chi connectivity index (χ3v) is 2.09. The van der Waals surface area contributed by atoms with Gasteiger partial charge in [-0.1, -0.05) is 11.6 Å². The molecule has 3 nitrogen and oxygen atoms in total. The van der Waals surface area contributed by atoms with Gasteiger partial charge >= 0.3 is 0 Å². The fourth-order valence-corrected chi connectivity index (χ4v) is 1.29. The summed E-state index contributed by atoms with van der Waals surface area (Å²) in [6.07, 6.45) is -2.79. The van der Waals surface area contributed by atoms with Crippen molar-refractivity contribution >= 4 is 28.4 Å². The average molecular weight is 256 g/mol. The van der Waals surface area contributed by atoms with Crippen LogP contribution in [0.2, 0.25) is 5.15 Å². The number of pyridine rings is 1. The summed E-state index contributed by atoms with van der Waals surface area (Å²) >= 11 is 10.6. The average Bonchev–Trinajstić information content (AvgIpc) is 2.16. The number of alkyl halides is 2. The van der Waals surface area contributed by atoms with Crippen molar-refractivity contribution < 1.29 is 18.3 Å². The lowest BCUT2D eigenvalue weighted by Gasteiger charge is -2.08. The summed E-state index contributed by atoms with van der Waals surface area (Å²) in [5, 5.41) is -1.38. The van der Waals surface area contributed by atoms with Crippen molar-refractivity contribution in [2.24, 2.45) is 0 Å². The molecule has 0 N–H and O–H groups in total. The van der Waals surface area contributed by atoms with Gasteiger partial charge in [-0.15, -0.1) is 0 Å². The standard InChI is InChI=1S/C8H5Cl2F2NO2/c1-15-4-2-3(8(11)12)6(9)13-5(4)7(10)14/h2,8H,1H3. The number of carbonyl (C=O) groups excluding carboxylic acids is 1. The van der Waals surface area contributed by atoms with Gasteiger partial charge in [0.25, 0.3) is 11.7 Å². The van der Waals surface area contributed by atoms with Crippen LogP contribution in [0.1, 0.15) is 22.5 Å². The van der Waals surface area contributed by atoms with Crippen LogP contribution in [0.25, 0.3) is 0 Å². The quantitative estimate of drug-likeness (QED) is 0.616. The van der Waals surface area contributed by atoms with Gasteiger partial charge in [0.05, 0.1) is 12.7 Å². The largest absolute Gasteiger partial charge is 0.494 e. The molecule has 0 aromatic carbocycles. The molecule has 0 saturated heterocycles. The molecule has 0 aliphatic heterocycles. The molecule has 0 aliphatic carbocycles. The summed E-state index contributed by atoms with van der Waals surface area (Å²) < 4.78 is 29.5. The first-order valence-electron chi connectivity index (χ1n) is 3.69. The zero-order valence-corrected chi connectivity index (χ0v) is 8.94. The van der Waals surface area contributed by atoms with Crippen molar-refractivity contribution in [2.75, 3.05) is 7.11 Å². The van der Waals surface area contributed by atoms with E-state index < -0.39 is 22.4 Å². The Hall–Kier alpha value is -0.940. The first kappa shape index (κ1) is 12.1. The van der Waals surface area contributed by atoms with Crippen molar-refractivity contribution in [1.29, 1.82) is 0 Å². The van der Waals surface area contributed by atoms with Crippen LogP contribution < -0.4 is 4.74 Å². The Balaban J connectivity index is 3.35. The Labute approximate surface area is 94.0 Å². The molecule has 7 heteroatoms. The van der Waals surface area contributed by atoms with Crippen LogP contribution in [0.4, 0.5) is 8.78 Å². The number of rotatable bonds is 3. The Morgan fingerprint density at radius 3 is 2.60 bits per heavy atom. The van der Waals surface area contributed by atoms with Crippen LogP contribution in [-0.2, 0) is 0 Å². The third-order valence-electron chi connectivity index (χ3n) is 1.61. The molecule has 0 bridgehead atoms. The summed E-state index contributed by atoms with van der Waals surface area (Å²) in [7, 11) is 1.21. The van der Waals surface area contributed by atoms with E-state index in [2.05, 4.69) is 4.98 Å². The normalized spacial score (nSPS) is 10.5. The molecule has 0 radical (unpaired) electrons. The lowest BCUT2D eigenvalue weighted by Crippen LogP contribution is -2.02. The molecular formula is C8H5Cl2F2NO2. The second kappa shape index (κ2) is 4.72. The van der Waals surface area contributed by atoms with Gasteiger partial charge in [0, 0.05) is 0 Å². The predicted molar refractivity (Wildman–Crippen MR) is 50.9 cm³/mol. The maximum Gasteiger partial charge on any atom is 0.274 e. The van der Waals surface area contributed by atoms with Gasteiger partial charge in [-0.25, -0.2) is 13.8 Å². The van der Waals surface area contributed by atoms with E-state index in [0.717, 1.165) is 6.07 Å². The maximum atomic E-state index is 12.4. The van der Waals surface area contributed by atoms with Crippen LogP contribution in [0.5, 0.6) is 5.75 Å². The lowest BCUT2D eigenvalue weighted by atomic mass is 10.2. The van der Waals surface area contributed by atoms with E-state index in [0.29, 0.717) is 0 Å². The lowest BCUT2D eigenvalue weighted by molar-refractivity contribution is 0.107. The van der Waals surface area contributed by atoms with E-state index in [-0.39, 0.29) is 11.4 Å². The van der Waals surface area contributed by atoms with Gasteiger partial charge in [0.15, 0.2) is 5.69 Å². The van der Waals surface area contributed by atoms with E-state index in [1.165, 1.54) is 7.11 Å². The smallest absolute Gasteiger partial charge is 0.274 e. The molecule has 1 rings (SSSR count). The Morgan fingerprint density at radius 1 is 1.60 bits per heavy atom. The fraction of sp³-hybridized carbons (Fsp3) is 0.250. The van der Waals surface area contributed by atoms with E-state index in [1.807, 2.05) is 0 Å². The van der Waals surface area contributed by atoms with Crippen LogP contribution >= 0.6 is 23.2 Å². The molecule has 0 amide bonds. The molecule has 1 heterocycles. The molecule has 82 valence electrons. The first-order chi connectivity index (χ1) is 6.97. The van der Waals surface area contributed by atoms with Gasteiger partial charge in [-0.2, -0.15) is 0 Å². The first-order valence-corrected chi connectivity index (χ1v) is 4.45. The molecule has 0 aliphatic rings. The predicted octanol–water partition coefficient (Wildman–Crippen LogP) is 3.06. The minimum absolute atomic E-state index is 0.130. The highest BCUT2D eigenvalue weighted by Crippen LogP contribution is 2.31. The van der Waals surface area contributed by atoms with Gasteiger partial charge in [-0.05, 0) is 17.7 Å². The summed E-state index contributed by atoms with van der Waals surface area (Å²) in [4.78, 5) is 14.3. The number of methoxy groups -OCH3 is 1. The molecule has 1 aromatic rings. The van der Waals surface area contributed by atoms with Gasteiger partial charge in [0.1, 0.15) is 10.9 Å². The summed E-state index contributed by atoms with van der Waals surface area (Å²) in [6.45, 7) is 0. The molecule has 1 aromatic heterocycles. The van der Waals surface area contributed by atoms with Crippen LogP contribution in [0.3, 0.4) is 0 Å². The SMILES string of the molecule is COc1cc(C(F)F)c(Cl)nc1C(=O)Cl. The minimum atomic E-state index is -2.79. The number of nitrogens with zero attached hydrogens (tertiary/aromatic N) is 1. The van der Waals surface area contributed by atoms with E-state index >= 15 is 0 Å². The molecule has 0 fully saturated rings. The van der Waals surface area contributed by atoms with E-state index in [4.69, 9.17) is 27.9 Å². The number of ether oxygens (including phenoxy) is 1. The fourth-order valence-electron chi connectivity index (χ4n) is 0.936. The number of carbonyl (C=O) groups is 1. The molecular weight excluding hydrogens is 251 g/mol. The third kappa shape index (κ3) is 2.54. The summed E-state index contributed by atoms with van der Waals surface area (Å²) in [6, 6.07) is 0.940. The number of hydrogen-bond acceptors (Lipinski definition) is 3. The van der Waals surface area contributed by atoms with E-state index in [1.54, 1.807) is 0 Å². The maximum absolute atomic E-state index is 12.4. The van der Waals surface area contributed by atoms with Gasteiger partial charge in [0.2, 0.25) is 0 Å². The van der Waals surface area contributed by atoms with Crippen molar-refractivity contribution in [3.8, 4) is 5.75 Å². The molecule has 0 unspecified atom stereocenters. The van der Waals surface area contributed by atoms with Crippen molar-refractivity contribution in [2.45, 2.75) is 6.43 Å². The summed E-state index contributed by atoms with van der Waals surface area (Å²) in [5.74, 6) is -0.130. The number of aromatic nitrogens is 1. The highest BCUT2D eigenvalue weighted by molar-refractivity contribution is 6.67. The molecule has 0 spiro atoms. The molecule has 15 heavy (non-hydrogen) atoms. The van der Waals surface area contributed by atoms with Crippen LogP contribution in [0, 0.1) is 0 Å². The number of halogens is 4. The van der Waals surface area contributed by atoms with Crippen LogP contribution in [0.15, 0.2) is 6.07 Å². The van der Waals surface area contributed by atoms with E-state index in [9.17, 15) is 13.6 Å². The zero-order valence-electron chi connectivity index (χ0n) is 7.43. The molecule has 0 atom stereocenters. The second-order valence-corrected chi connectivity index (χ2v) is 3.19. The van der Waals surface area contributed by atoms with Crippen molar-refractivity contribution in [3.05, 3.63) is 22.5 Å². The Bertz CT molecular complexity index is 398. The minimum Gasteiger partial charge on any atom is -0.494 e. The Kier molecular flexibility index (Phi) is 3.82. The molecule has 0 saturated carbocycles. The van der Waals surface area contributed by atoms with Crippen molar-refractivity contribution in [3.63, 3.8) is 0 Å². The number of hydrogen-bond donors (Lipinski definition) is 0. The monoisotopic (exact) mass is 255 g/mol. The van der Waals surface area contributed by atoms with Gasteiger partial charge < -0.3 is 4.74 Å². The van der Waals surface area contributed by atoms with Crippen LogP contribution in [-0.4, -0.2) is 17.3 Å². The Morgan fingerprint density at radius 2 is 2.20 bits per heavy atom. The summed E-state index contributed by atoms with van der Waals surface area (Å²) in [5.41, 5.74) is -0.788. The van der Waals surface area contributed by atoms with Crippen molar-refractivity contribution in [1.82, 2.24) is 4.98 Å².